The maximum atomic E-state index is 13.1. The van der Waals surface area contributed by atoms with Crippen molar-refractivity contribution in [1.29, 1.82) is 0 Å². The van der Waals surface area contributed by atoms with Gasteiger partial charge >= 0.3 is 0 Å². The van der Waals surface area contributed by atoms with E-state index in [0.717, 1.165) is 0 Å². The summed E-state index contributed by atoms with van der Waals surface area (Å²) in [5.74, 6) is -0.0307. The quantitative estimate of drug-likeness (QED) is 0.671. The number of nitrogens with zero attached hydrogens (tertiary/aromatic N) is 1. The van der Waals surface area contributed by atoms with Crippen molar-refractivity contribution in [3.8, 4) is 5.75 Å². The molecule has 164 valence electrons. The van der Waals surface area contributed by atoms with Gasteiger partial charge in [-0.1, -0.05) is 0 Å². The Kier molecular flexibility index (Phi) is 7.28. The van der Waals surface area contributed by atoms with Gasteiger partial charge in [0.1, 0.15) is 18.5 Å². The predicted octanol–water partition coefficient (Wildman–Crippen LogP) is 1.18. The molecule has 3 amide bonds. The molecule has 2 aliphatic heterocycles. The molecule has 0 aromatic heterocycles. The summed E-state index contributed by atoms with van der Waals surface area (Å²) in [4.78, 5) is 38.2. The van der Waals surface area contributed by atoms with Crippen molar-refractivity contribution in [2.75, 3.05) is 39.2 Å². The number of anilines is 1. The fraction of sp³-hybridized carbons (Fsp3) is 0.571. The van der Waals surface area contributed by atoms with Gasteiger partial charge in [-0.05, 0) is 31.0 Å². The lowest BCUT2D eigenvalue weighted by Gasteiger charge is -2.42. The monoisotopic (exact) mass is 419 g/mol. The second-order valence-electron chi connectivity index (χ2n) is 7.61. The fourth-order valence-electron chi connectivity index (χ4n) is 3.88. The number of amides is 3. The Balaban J connectivity index is 1.69. The van der Waals surface area contributed by atoms with E-state index in [4.69, 9.17) is 14.2 Å². The molecule has 0 radical (unpaired) electrons. The second-order valence-corrected chi connectivity index (χ2v) is 7.61. The Bertz CT molecular complexity index is 799. The lowest BCUT2D eigenvalue weighted by molar-refractivity contribution is -0.134. The largest absolute Gasteiger partial charge is 0.490 e. The van der Waals surface area contributed by atoms with Gasteiger partial charge in [-0.15, -0.1) is 0 Å². The van der Waals surface area contributed by atoms with Gasteiger partial charge in [0.15, 0.2) is 0 Å². The zero-order valence-electron chi connectivity index (χ0n) is 17.6. The molecule has 0 saturated carbocycles. The number of nitrogens with one attached hydrogen (secondary N) is 2. The molecule has 1 aromatic carbocycles. The number of rotatable bonds is 6. The highest BCUT2D eigenvalue weighted by molar-refractivity contribution is 5.99. The lowest BCUT2D eigenvalue weighted by Crippen LogP contribution is -2.54. The second kappa shape index (κ2) is 9.90. The maximum absolute atomic E-state index is 13.1. The molecule has 2 N–H and O–H groups in total. The number of likely N-dealkylation sites (N-methyl/N-ethyl adjacent to an activating group) is 1. The molecule has 2 heterocycles. The van der Waals surface area contributed by atoms with E-state index in [2.05, 4.69) is 10.6 Å². The Morgan fingerprint density at radius 3 is 2.83 bits per heavy atom. The first-order chi connectivity index (χ1) is 14.4. The summed E-state index contributed by atoms with van der Waals surface area (Å²) in [6, 6.07) is 4.85. The number of benzene rings is 1. The number of carbonyl (C=O) groups excluding carboxylic acids is 3. The molecule has 9 nitrogen and oxygen atoms in total. The van der Waals surface area contributed by atoms with Crippen LogP contribution in [0.2, 0.25) is 0 Å². The molecule has 9 heteroatoms. The average molecular weight is 419 g/mol. The van der Waals surface area contributed by atoms with Crippen molar-refractivity contribution in [3.63, 3.8) is 0 Å². The van der Waals surface area contributed by atoms with Gasteiger partial charge in [-0.3, -0.25) is 14.4 Å². The summed E-state index contributed by atoms with van der Waals surface area (Å²) in [5.41, 5.74) is 0.949. The highest BCUT2D eigenvalue weighted by Crippen LogP contribution is 2.32. The van der Waals surface area contributed by atoms with E-state index in [-0.39, 0.29) is 49.0 Å². The first-order valence-electron chi connectivity index (χ1n) is 10.1. The number of fused-ring (bicyclic) bond motifs is 2. The Labute approximate surface area is 176 Å². The van der Waals surface area contributed by atoms with Crippen LogP contribution in [-0.2, 0) is 19.1 Å². The molecular weight excluding hydrogens is 390 g/mol. The zero-order chi connectivity index (χ0) is 21.7. The molecule has 3 atom stereocenters. The molecular formula is C21H29N3O6. The molecule has 1 aromatic rings. The molecule has 0 bridgehead atoms. The first-order valence-corrected chi connectivity index (χ1v) is 10.1. The summed E-state index contributed by atoms with van der Waals surface area (Å²) in [5, 5.41) is 5.49. The van der Waals surface area contributed by atoms with Gasteiger partial charge in [-0.2, -0.15) is 0 Å². The maximum Gasteiger partial charge on any atom is 0.257 e. The average Bonchev–Trinajstić information content (AvgIpc) is 2.71. The summed E-state index contributed by atoms with van der Waals surface area (Å²) >= 11 is 0. The van der Waals surface area contributed by atoms with E-state index in [1.165, 1.54) is 6.92 Å². The normalized spacial score (nSPS) is 23.4. The zero-order valence-corrected chi connectivity index (χ0v) is 17.6. The highest BCUT2D eigenvalue weighted by atomic mass is 16.5. The van der Waals surface area contributed by atoms with Crippen molar-refractivity contribution >= 4 is 23.4 Å². The van der Waals surface area contributed by atoms with Gasteiger partial charge in [-0.25, -0.2) is 0 Å². The molecule has 0 unspecified atom stereocenters. The van der Waals surface area contributed by atoms with Crippen LogP contribution in [0.4, 0.5) is 5.69 Å². The topological polar surface area (TPSA) is 106 Å². The molecule has 0 spiro atoms. The number of hydrogen-bond donors (Lipinski definition) is 2. The minimum Gasteiger partial charge on any atom is -0.490 e. The van der Waals surface area contributed by atoms with Crippen LogP contribution in [0.1, 0.15) is 36.5 Å². The highest BCUT2D eigenvalue weighted by Gasteiger charge is 2.39. The SMILES string of the molecule is COCCNC(=O)C[C@@H]1CC[C@H]2[C@H](COc3ccc(NC(C)=O)cc3C(=O)N2C)O1. The van der Waals surface area contributed by atoms with Crippen LogP contribution in [0, 0.1) is 0 Å². The minimum atomic E-state index is -0.326. The predicted molar refractivity (Wildman–Crippen MR) is 110 cm³/mol. The van der Waals surface area contributed by atoms with E-state index in [1.807, 2.05) is 0 Å². The van der Waals surface area contributed by atoms with Crippen LogP contribution >= 0.6 is 0 Å². The number of carbonyl (C=O) groups is 3. The minimum absolute atomic E-state index is 0.0810. The summed E-state index contributed by atoms with van der Waals surface area (Å²) in [6.45, 7) is 2.62. The van der Waals surface area contributed by atoms with Gasteiger partial charge < -0.3 is 29.7 Å². The molecule has 30 heavy (non-hydrogen) atoms. The van der Waals surface area contributed by atoms with Crippen LogP contribution in [0.25, 0.3) is 0 Å². The fourth-order valence-corrected chi connectivity index (χ4v) is 3.88. The summed E-state index contributed by atoms with van der Waals surface area (Å²) < 4.78 is 17.0. The van der Waals surface area contributed by atoms with Gasteiger partial charge in [0, 0.05) is 33.3 Å². The van der Waals surface area contributed by atoms with E-state index >= 15 is 0 Å². The van der Waals surface area contributed by atoms with Gasteiger partial charge in [0.05, 0.1) is 30.7 Å². The molecule has 1 fully saturated rings. The van der Waals surface area contributed by atoms with Crippen LogP contribution < -0.4 is 15.4 Å². The third-order valence-electron chi connectivity index (χ3n) is 5.37. The van der Waals surface area contributed by atoms with Crippen LogP contribution in [0.15, 0.2) is 18.2 Å². The van der Waals surface area contributed by atoms with Crippen LogP contribution in [-0.4, -0.2) is 74.8 Å². The Morgan fingerprint density at radius 1 is 1.30 bits per heavy atom. The third-order valence-corrected chi connectivity index (χ3v) is 5.37. The van der Waals surface area contributed by atoms with Gasteiger partial charge in [0.2, 0.25) is 11.8 Å². The van der Waals surface area contributed by atoms with Gasteiger partial charge in [0.25, 0.3) is 5.91 Å². The lowest BCUT2D eigenvalue weighted by atomic mass is 9.94. The molecule has 2 aliphatic rings. The third kappa shape index (κ3) is 5.28. The van der Waals surface area contributed by atoms with Crippen molar-refractivity contribution in [2.24, 2.45) is 0 Å². The smallest absolute Gasteiger partial charge is 0.257 e. The van der Waals surface area contributed by atoms with Crippen LogP contribution in [0.3, 0.4) is 0 Å². The van der Waals surface area contributed by atoms with Crippen molar-refractivity contribution in [2.45, 2.75) is 44.4 Å². The molecule has 0 aliphatic carbocycles. The summed E-state index contributed by atoms with van der Waals surface area (Å²) in [6.07, 6.45) is 1.11. The van der Waals surface area contributed by atoms with E-state index in [1.54, 1.807) is 37.3 Å². The van der Waals surface area contributed by atoms with Crippen molar-refractivity contribution in [3.05, 3.63) is 23.8 Å². The van der Waals surface area contributed by atoms with E-state index in [0.29, 0.717) is 43.0 Å². The van der Waals surface area contributed by atoms with E-state index < -0.39 is 0 Å². The Morgan fingerprint density at radius 2 is 2.10 bits per heavy atom. The Hall–Kier alpha value is -2.65. The number of hydrogen-bond acceptors (Lipinski definition) is 6. The summed E-state index contributed by atoms with van der Waals surface area (Å²) in [7, 11) is 3.34. The molecule has 1 saturated heterocycles. The first kappa shape index (κ1) is 22.0. The van der Waals surface area contributed by atoms with Crippen LogP contribution in [0.5, 0.6) is 5.75 Å². The van der Waals surface area contributed by atoms with E-state index in [9.17, 15) is 14.4 Å². The standard InChI is InChI=1S/C21H29N3O6/c1-13(25)23-14-4-7-18-16(10-14)21(27)24(2)17-6-5-15(30-19(17)12-29-18)11-20(26)22-8-9-28-3/h4,7,10,15,17,19H,5-6,8-9,11-12H2,1-3H3,(H,22,26)(H,23,25)/t15-,17-,19-/m0/s1. The number of ether oxygens (including phenoxy) is 3. The van der Waals surface area contributed by atoms with Crippen molar-refractivity contribution in [1.82, 2.24) is 10.2 Å². The molecule has 3 rings (SSSR count). The number of methoxy groups -OCH3 is 1. The van der Waals surface area contributed by atoms with Crippen molar-refractivity contribution < 1.29 is 28.6 Å².